The molecule has 4 nitrogen and oxygen atoms in total. The van der Waals surface area contributed by atoms with Gasteiger partial charge in [-0.1, -0.05) is 13.8 Å². The van der Waals surface area contributed by atoms with Crippen molar-refractivity contribution in [1.82, 2.24) is 4.98 Å². The molecular weight excluding hydrogens is 260 g/mol. The minimum atomic E-state index is -0.913. The summed E-state index contributed by atoms with van der Waals surface area (Å²) in [5.41, 5.74) is -0.255. The SMILES string of the molecule is CC1CCN(c2nc(C(C)(C)C(=O)O)cs2)CC1C. The van der Waals surface area contributed by atoms with Gasteiger partial charge in [-0.15, -0.1) is 11.3 Å². The predicted molar refractivity (Wildman–Crippen MR) is 77.9 cm³/mol. The molecule has 0 saturated carbocycles. The fraction of sp³-hybridized carbons (Fsp3) is 0.714. The van der Waals surface area contributed by atoms with E-state index in [2.05, 4.69) is 23.7 Å². The van der Waals surface area contributed by atoms with Gasteiger partial charge in [-0.3, -0.25) is 4.79 Å². The summed E-state index contributed by atoms with van der Waals surface area (Å²) in [6, 6.07) is 0. The number of rotatable bonds is 3. The Bertz CT molecular complexity index is 470. The predicted octanol–water partition coefficient (Wildman–Crippen LogP) is 2.99. The molecule has 0 spiro atoms. The average molecular weight is 282 g/mol. The summed E-state index contributed by atoms with van der Waals surface area (Å²) in [5.74, 6) is 0.588. The van der Waals surface area contributed by atoms with Crippen LogP contribution in [0.25, 0.3) is 0 Å². The number of carboxylic acid groups (broad SMARTS) is 1. The van der Waals surface area contributed by atoms with E-state index in [9.17, 15) is 9.90 Å². The standard InChI is InChI=1S/C14H22N2O2S/c1-9-5-6-16(7-10(9)2)13-15-11(8-19-13)14(3,4)12(17)18/h8-10H,5-7H2,1-4H3,(H,17,18). The van der Waals surface area contributed by atoms with E-state index in [-0.39, 0.29) is 0 Å². The van der Waals surface area contributed by atoms with Gasteiger partial charge < -0.3 is 10.0 Å². The number of piperidine rings is 1. The van der Waals surface area contributed by atoms with Crippen LogP contribution in [-0.4, -0.2) is 29.1 Å². The van der Waals surface area contributed by atoms with Crippen molar-refractivity contribution in [1.29, 1.82) is 0 Å². The Morgan fingerprint density at radius 2 is 2.16 bits per heavy atom. The molecule has 1 fully saturated rings. The zero-order chi connectivity index (χ0) is 14.2. The molecule has 2 rings (SSSR count). The topological polar surface area (TPSA) is 53.4 Å². The minimum absolute atomic E-state index is 0.659. The maximum absolute atomic E-state index is 11.3. The fourth-order valence-electron chi connectivity index (χ4n) is 2.24. The molecule has 0 aromatic carbocycles. The molecule has 1 aliphatic rings. The molecule has 0 aliphatic carbocycles. The van der Waals surface area contributed by atoms with E-state index < -0.39 is 11.4 Å². The highest BCUT2D eigenvalue weighted by Gasteiger charge is 2.33. The highest BCUT2D eigenvalue weighted by Crippen LogP contribution is 2.32. The molecule has 1 N–H and O–H groups in total. The van der Waals surface area contributed by atoms with Crippen molar-refractivity contribution < 1.29 is 9.90 Å². The Morgan fingerprint density at radius 3 is 2.74 bits per heavy atom. The number of hydrogen-bond donors (Lipinski definition) is 1. The van der Waals surface area contributed by atoms with Gasteiger partial charge in [0.1, 0.15) is 5.41 Å². The van der Waals surface area contributed by atoms with Crippen molar-refractivity contribution in [2.24, 2.45) is 11.8 Å². The number of nitrogens with zero attached hydrogens (tertiary/aromatic N) is 2. The molecule has 2 atom stereocenters. The molecule has 1 aromatic rings. The smallest absolute Gasteiger partial charge is 0.315 e. The Balaban J connectivity index is 2.16. The van der Waals surface area contributed by atoms with Crippen LogP contribution >= 0.6 is 11.3 Å². The molecule has 106 valence electrons. The van der Waals surface area contributed by atoms with Crippen molar-refractivity contribution in [3.63, 3.8) is 0 Å². The number of hydrogen-bond acceptors (Lipinski definition) is 4. The van der Waals surface area contributed by atoms with Gasteiger partial charge in [-0.05, 0) is 32.1 Å². The number of carbonyl (C=O) groups is 1. The molecule has 2 heterocycles. The monoisotopic (exact) mass is 282 g/mol. The van der Waals surface area contributed by atoms with E-state index in [1.807, 2.05) is 5.38 Å². The highest BCUT2D eigenvalue weighted by molar-refractivity contribution is 7.13. The van der Waals surface area contributed by atoms with Crippen LogP contribution in [0, 0.1) is 11.8 Å². The van der Waals surface area contributed by atoms with Gasteiger partial charge in [0.25, 0.3) is 0 Å². The number of aromatic nitrogens is 1. The van der Waals surface area contributed by atoms with Gasteiger partial charge in [-0.25, -0.2) is 4.98 Å². The molecular formula is C14H22N2O2S. The zero-order valence-electron chi connectivity index (χ0n) is 12.0. The number of thiazole rings is 1. The molecule has 0 bridgehead atoms. The summed E-state index contributed by atoms with van der Waals surface area (Å²) < 4.78 is 0. The first kappa shape index (κ1) is 14.3. The van der Waals surface area contributed by atoms with Crippen LogP contribution in [0.1, 0.15) is 39.8 Å². The molecule has 2 unspecified atom stereocenters. The number of aliphatic carboxylic acids is 1. The van der Waals surface area contributed by atoms with Crippen LogP contribution in [0.4, 0.5) is 5.13 Å². The van der Waals surface area contributed by atoms with Crippen LogP contribution in [0.15, 0.2) is 5.38 Å². The Labute approximate surface area is 118 Å². The van der Waals surface area contributed by atoms with Crippen molar-refractivity contribution in [2.75, 3.05) is 18.0 Å². The Hall–Kier alpha value is -1.10. The van der Waals surface area contributed by atoms with Crippen LogP contribution in [0.2, 0.25) is 0 Å². The largest absolute Gasteiger partial charge is 0.481 e. The van der Waals surface area contributed by atoms with Crippen LogP contribution in [0.5, 0.6) is 0 Å². The summed E-state index contributed by atoms with van der Waals surface area (Å²) in [7, 11) is 0. The fourth-order valence-corrected chi connectivity index (χ4v) is 3.27. The lowest BCUT2D eigenvalue weighted by Gasteiger charge is -2.35. The summed E-state index contributed by atoms with van der Waals surface area (Å²) in [6.07, 6.45) is 1.18. The number of anilines is 1. The quantitative estimate of drug-likeness (QED) is 0.926. The van der Waals surface area contributed by atoms with Crippen molar-refractivity contribution in [3.05, 3.63) is 11.1 Å². The van der Waals surface area contributed by atoms with Crippen LogP contribution in [-0.2, 0) is 10.2 Å². The van der Waals surface area contributed by atoms with Gasteiger partial charge in [0, 0.05) is 18.5 Å². The summed E-state index contributed by atoms with van der Waals surface area (Å²) in [4.78, 5) is 18.1. The Morgan fingerprint density at radius 1 is 1.47 bits per heavy atom. The summed E-state index contributed by atoms with van der Waals surface area (Å²) in [6.45, 7) is 10.0. The number of carboxylic acids is 1. The minimum Gasteiger partial charge on any atom is -0.481 e. The normalized spacial score (nSPS) is 24.5. The second kappa shape index (κ2) is 5.12. The first-order chi connectivity index (χ1) is 8.82. The summed E-state index contributed by atoms with van der Waals surface area (Å²) >= 11 is 1.56. The van der Waals surface area contributed by atoms with Crippen LogP contribution < -0.4 is 4.90 Å². The van der Waals surface area contributed by atoms with E-state index in [4.69, 9.17) is 0 Å². The van der Waals surface area contributed by atoms with Gasteiger partial charge in [-0.2, -0.15) is 0 Å². The van der Waals surface area contributed by atoms with E-state index >= 15 is 0 Å². The molecule has 0 amide bonds. The second-order valence-electron chi connectivity index (χ2n) is 6.13. The first-order valence-corrected chi connectivity index (χ1v) is 7.64. The lowest BCUT2D eigenvalue weighted by molar-refractivity contribution is -0.142. The lowest BCUT2D eigenvalue weighted by atomic mass is 9.89. The van der Waals surface area contributed by atoms with Crippen molar-refractivity contribution >= 4 is 22.4 Å². The third kappa shape index (κ3) is 2.76. The van der Waals surface area contributed by atoms with Crippen molar-refractivity contribution in [2.45, 2.75) is 39.5 Å². The van der Waals surface area contributed by atoms with E-state index in [1.165, 1.54) is 6.42 Å². The maximum Gasteiger partial charge on any atom is 0.315 e. The maximum atomic E-state index is 11.3. The molecule has 1 aromatic heterocycles. The zero-order valence-corrected chi connectivity index (χ0v) is 12.8. The van der Waals surface area contributed by atoms with E-state index in [0.29, 0.717) is 11.6 Å². The van der Waals surface area contributed by atoms with Crippen LogP contribution in [0.3, 0.4) is 0 Å². The van der Waals surface area contributed by atoms with Gasteiger partial charge in [0.15, 0.2) is 5.13 Å². The molecule has 0 radical (unpaired) electrons. The Kier molecular flexibility index (Phi) is 3.85. The van der Waals surface area contributed by atoms with E-state index in [0.717, 1.165) is 24.1 Å². The van der Waals surface area contributed by atoms with Gasteiger partial charge >= 0.3 is 5.97 Å². The highest BCUT2D eigenvalue weighted by atomic mass is 32.1. The van der Waals surface area contributed by atoms with Crippen molar-refractivity contribution in [3.8, 4) is 0 Å². The first-order valence-electron chi connectivity index (χ1n) is 6.76. The molecule has 1 saturated heterocycles. The molecule has 19 heavy (non-hydrogen) atoms. The van der Waals surface area contributed by atoms with E-state index in [1.54, 1.807) is 25.2 Å². The molecule has 5 heteroatoms. The van der Waals surface area contributed by atoms with Gasteiger partial charge in [0.05, 0.1) is 5.69 Å². The van der Waals surface area contributed by atoms with Gasteiger partial charge in [0.2, 0.25) is 0 Å². The summed E-state index contributed by atoms with van der Waals surface area (Å²) in [5, 5.41) is 12.1. The lowest BCUT2D eigenvalue weighted by Crippen LogP contribution is -2.38. The molecule has 1 aliphatic heterocycles. The second-order valence-corrected chi connectivity index (χ2v) is 6.97. The third-order valence-electron chi connectivity index (χ3n) is 4.27. The third-order valence-corrected chi connectivity index (χ3v) is 5.17. The average Bonchev–Trinajstić information content (AvgIpc) is 2.82.